The van der Waals surface area contributed by atoms with E-state index in [1.54, 1.807) is 7.11 Å². The van der Waals surface area contributed by atoms with Crippen molar-refractivity contribution in [1.29, 1.82) is 0 Å². The van der Waals surface area contributed by atoms with Crippen molar-refractivity contribution in [2.75, 3.05) is 7.11 Å². The molecule has 3 nitrogen and oxygen atoms in total. The molecule has 0 N–H and O–H groups in total. The maximum Gasteiger partial charge on any atom is 0.118 e. The zero-order valence-electron chi connectivity index (χ0n) is 17.7. The van der Waals surface area contributed by atoms with Gasteiger partial charge in [0.1, 0.15) is 5.75 Å². The number of unbranched alkanes of at least 4 members (excludes halogenated alkanes) is 6. The van der Waals surface area contributed by atoms with Crippen molar-refractivity contribution in [3.63, 3.8) is 0 Å². The van der Waals surface area contributed by atoms with Gasteiger partial charge in [-0.25, -0.2) is 0 Å². The Morgan fingerprint density at radius 1 is 0.655 bits per heavy atom. The first-order chi connectivity index (χ1) is 14.3. The Bertz CT molecular complexity index is 839. The number of ether oxygens (including phenoxy) is 1. The molecular weight excluding hydrogens is 356 g/mol. The molecule has 0 aliphatic carbocycles. The van der Waals surface area contributed by atoms with Gasteiger partial charge in [-0.2, -0.15) is 0 Å². The van der Waals surface area contributed by atoms with E-state index < -0.39 is 0 Å². The summed E-state index contributed by atoms with van der Waals surface area (Å²) in [6, 6.07) is 16.7. The highest BCUT2D eigenvalue weighted by Gasteiger charge is 2.04. The van der Waals surface area contributed by atoms with Gasteiger partial charge in [-0.1, -0.05) is 69.7 Å². The third-order valence-electron chi connectivity index (χ3n) is 5.36. The standard InChI is InChI=1S/C26H32N2O/c1-3-4-5-6-7-8-9-10-21-11-13-22(14-12-21)25-19-28-26(20-27-25)23-15-17-24(29-2)18-16-23/h11-20H,3-10H2,1-2H3. The predicted molar refractivity (Wildman–Crippen MR) is 121 cm³/mol. The first-order valence-electron chi connectivity index (χ1n) is 10.9. The van der Waals surface area contributed by atoms with Crippen LogP contribution in [0.5, 0.6) is 5.75 Å². The molecule has 0 bridgehead atoms. The summed E-state index contributed by atoms with van der Waals surface area (Å²) < 4.78 is 5.21. The van der Waals surface area contributed by atoms with Crippen molar-refractivity contribution in [2.45, 2.75) is 58.3 Å². The second-order valence-electron chi connectivity index (χ2n) is 7.58. The number of aromatic nitrogens is 2. The van der Waals surface area contributed by atoms with E-state index in [1.165, 1.54) is 50.5 Å². The summed E-state index contributed by atoms with van der Waals surface area (Å²) in [5.41, 5.74) is 5.33. The fourth-order valence-electron chi connectivity index (χ4n) is 3.52. The molecule has 0 atom stereocenters. The van der Waals surface area contributed by atoms with Crippen LogP contribution < -0.4 is 4.74 Å². The number of nitrogens with zero attached hydrogens (tertiary/aromatic N) is 2. The van der Waals surface area contributed by atoms with Gasteiger partial charge < -0.3 is 4.74 Å². The van der Waals surface area contributed by atoms with E-state index in [1.807, 2.05) is 36.7 Å². The lowest BCUT2D eigenvalue weighted by atomic mass is 10.0. The lowest BCUT2D eigenvalue weighted by molar-refractivity contribution is 0.415. The molecule has 0 aliphatic heterocycles. The number of rotatable bonds is 11. The van der Waals surface area contributed by atoms with Crippen LogP contribution >= 0.6 is 0 Å². The van der Waals surface area contributed by atoms with Gasteiger partial charge in [0.15, 0.2) is 0 Å². The lowest BCUT2D eigenvalue weighted by Crippen LogP contribution is -1.91. The molecule has 0 spiro atoms. The fraction of sp³-hybridized carbons (Fsp3) is 0.385. The van der Waals surface area contributed by atoms with Crippen LogP contribution in [0.2, 0.25) is 0 Å². The highest BCUT2D eigenvalue weighted by atomic mass is 16.5. The Labute approximate surface area is 175 Å². The van der Waals surface area contributed by atoms with E-state index in [0.29, 0.717) is 0 Å². The van der Waals surface area contributed by atoms with Gasteiger partial charge in [0.25, 0.3) is 0 Å². The first-order valence-corrected chi connectivity index (χ1v) is 10.9. The second-order valence-corrected chi connectivity index (χ2v) is 7.58. The van der Waals surface area contributed by atoms with E-state index in [-0.39, 0.29) is 0 Å². The molecule has 152 valence electrons. The zero-order valence-corrected chi connectivity index (χ0v) is 17.7. The minimum atomic E-state index is 0.843. The van der Waals surface area contributed by atoms with E-state index in [4.69, 9.17) is 4.74 Å². The summed E-state index contributed by atoms with van der Waals surface area (Å²) >= 11 is 0. The van der Waals surface area contributed by atoms with E-state index in [0.717, 1.165) is 34.7 Å². The van der Waals surface area contributed by atoms with E-state index in [2.05, 4.69) is 41.2 Å². The van der Waals surface area contributed by atoms with Gasteiger partial charge in [-0.15, -0.1) is 0 Å². The molecule has 3 heteroatoms. The minimum Gasteiger partial charge on any atom is -0.497 e. The Kier molecular flexibility index (Phi) is 8.24. The number of methoxy groups -OCH3 is 1. The van der Waals surface area contributed by atoms with E-state index >= 15 is 0 Å². The summed E-state index contributed by atoms with van der Waals surface area (Å²) in [5.74, 6) is 0.843. The van der Waals surface area contributed by atoms with Crippen LogP contribution in [-0.2, 0) is 6.42 Å². The van der Waals surface area contributed by atoms with Gasteiger partial charge in [-0.3, -0.25) is 9.97 Å². The molecule has 0 saturated heterocycles. The van der Waals surface area contributed by atoms with Crippen LogP contribution in [0.15, 0.2) is 60.9 Å². The summed E-state index contributed by atoms with van der Waals surface area (Å²) in [4.78, 5) is 9.21. The predicted octanol–water partition coefficient (Wildman–Crippen LogP) is 7.11. The minimum absolute atomic E-state index is 0.843. The lowest BCUT2D eigenvalue weighted by Gasteiger charge is -2.06. The molecule has 29 heavy (non-hydrogen) atoms. The van der Waals surface area contributed by atoms with Gasteiger partial charge in [0, 0.05) is 11.1 Å². The number of aryl methyl sites for hydroxylation is 1. The van der Waals surface area contributed by atoms with Gasteiger partial charge in [-0.05, 0) is 42.7 Å². The van der Waals surface area contributed by atoms with Crippen LogP contribution in [0.25, 0.3) is 22.5 Å². The molecule has 0 aliphatic rings. The number of benzene rings is 2. The van der Waals surface area contributed by atoms with Crippen molar-refractivity contribution >= 4 is 0 Å². The van der Waals surface area contributed by atoms with Crippen molar-refractivity contribution in [3.8, 4) is 28.3 Å². The molecular formula is C26H32N2O. The Morgan fingerprint density at radius 2 is 1.17 bits per heavy atom. The van der Waals surface area contributed by atoms with Crippen molar-refractivity contribution in [1.82, 2.24) is 9.97 Å². The van der Waals surface area contributed by atoms with Gasteiger partial charge in [0.2, 0.25) is 0 Å². The topological polar surface area (TPSA) is 35.0 Å². The van der Waals surface area contributed by atoms with Crippen LogP contribution in [0.4, 0.5) is 0 Å². The second kappa shape index (κ2) is 11.4. The number of hydrogen-bond acceptors (Lipinski definition) is 3. The zero-order chi connectivity index (χ0) is 20.3. The van der Waals surface area contributed by atoms with Crippen LogP contribution in [0, 0.1) is 0 Å². The average Bonchev–Trinajstić information content (AvgIpc) is 2.79. The third-order valence-corrected chi connectivity index (χ3v) is 5.36. The summed E-state index contributed by atoms with van der Waals surface area (Å²) in [6.07, 6.45) is 14.3. The van der Waals surface area contributed by atoms with Crippen molar-refractivity contribution in [3.05, 3.63) is 66.5 Å². The van der Waals surface area contributed by atoms with E-state index in [9.17, 15) is 0 Å². The van der Waals surface area contributed by atoms with Crippen LogP contribution in [0.1, 0.15) is 57.4 Å². The van der Waals surface area contributed by atoms with Crippen LogP contribution in [0.3, 0.4) is 0 Å². The van der Waals surface area contributed by atoms with Crippen molar-refractivity contribution < 1.29 is 4.74 Å². The monoisotopic (exact) mass is 388 g/mol. The SMILES string of the molecule is CCCCCCCCCc1ccc(-c2cnc(-c3ccc(OC)cc3)cn2)cc1. The normalized spacial score (nSPS) is 10.8. The number of hydrogen-bond donors (Lipinski definition) is 0. The fourth-order valence-corrected chi connectivity index (χ4v) is 3.52. The Balaban J connectivity index is 1.51. The Morgan fingerprint density at radius 3 is 1.69 bits per heavy atom. The van der Waals surface area contributed by atoms with Crippen molar-refractivity contribution in [2.24, 2.45) is 0 Å². The summed E-state index contributed by atoms with van der Waals surface area (Å²) in [5, 5.41) is 0. The maximum atomic E-state index is 5.21. The quantitative estimate of drug-likeness (QED) is 0.328. The average molecular weight is 389 g/mol. The molecule has 1 aromatic heterocycles. The highest BCUT2D eigenvalue weighted by molar-refractivity contribution is 5.63. The largest absolute Gasteiger partial charge is 0.497 e. The first kappa shape index (κ1) is 21.0. The molecule has 2 aromatic carbocycles. The third kappa shape index (κ3) is 6.42. The Hall–Kier alpha value is -2.68. The smallest absolute Gasteiger partial charge is 0.118 e. The molecule has 0 saturated carbocycles. The molecule has 0 unspecified atom stereocenters. The molecule has 0 fully saturated rings. The maximum absolute atomic E-state index is 5.21. The van der Waals surface area contributed by atoms with Crippen LogP contribution in [-0.4, -0.2) is 17.1 Å². The molecule has 0 radical (unpaired) electrons. The summed E-state index contributed by atoms with van der Waals surface area (Å²) in [6.45, 7) is 2.27. The molecule has 1 heterocycles. The van der Waals surface area contributed by atoms with Gasteiger partial charge in [0.05, 0.1) is 30.9 Å². The molecule has 0 amide bonds. The summed E-state index contributed by atoms with van der Waals surface area (Å²) in [7, 11) is 1.67. The molecule has 3 aromatic rings. The highest BCUT2D eigenvalue weighted by Crippen LogP contribution is 2.23. The van der Waals surface area contributed by atoms with Gasteiger partial charge >= 0.3 is 0 Å². The molecule has 3 rings (SSSR count).